The molecule has 0 spiro atoms. The van der Waals surface area contributed by atoms with Crippen molar-refractivity contribution in [2.45, 2.75) is 32.5 Å². The molecular formula is C26H28F3N7O. The molecule has 0 bridgehead atoms. The lowest BCUT2D eigenvalue weighted by Crippen LogP contribution is -2.26. The lowest BCUT2D eigenvalue weighted by Gasteiger charge is -2.19. The number of carbonyl (C=O) groups excluding carboxylic acids is 1. The summed E-state index contributed by atoms with van der Waals surface area (Å²) in [5, 5.41) is 3.99. The third kappa shape index (κ3) is 6.63. The molecule has 3 aromatic rings. The van der Waals surface area contributed by atoms with Crippen LogP contribution in [0.4, 0.5) is 24.5 Å². The first-order valence-corrected chi connectivity index (χ1v) is 11.7. The number of amides is 1. The number of aromatic nitrogens is 2. The number of anilines is 2. The summed E-state index contributed by atoms with van der Waals surface area (Å²) in [6.07, 6.45) is 3.42. The molecule has 2 heterocycles. The molecular weight excluding hydrogens is 483 g/mol. The lowest BCUT2D eigenvalue weighted by molar-refractivity contribution is -0.137. The number of hydrazine groups is 1. The first kappa shape index (κ1) is 26.1. The van der Waals surface area contributed by atoms with Gasteiger partial charge in [-0.05, 0) is 74.3 Å². The molecule has 11 heteroatoms. The van der Waals surface area contributed by atoms with Gasteiger partial charge in [0, 0.05) is 42.0 Å². The number of hydrogen-bond acceptors (Lipinski definition) is 7. The van der Waals surface area contributed by atoms with Crippen LogP contribution in [0.15, 0.2) is 61.3 Å². The first-order valence-electron chi connectivity index (χ1n) is 11.7. The van der Waals surface area contributed by atoms with Crippen LogP contribution in [0.1, 0.15) is 45.5 Å². The summed E-state index contributed by atoms with van der Waals surface area (Å²) < 4.78 is 40.7. The summed E-state index contributed by atoms with van der Waals surface area (Å²) in [6.45, 7) is 3.85. The normalized spacial score (nSPS) is 14.6. The second-order valence-corrected chi connectivity index (χ2v) is 8.97. The van der Waals surface area contributed by atoms with Gasteiger partial charge >= 0.3 is 6.18 Å². The van der Waals surface area contributed by atoms with E-state index in [-0.39, 0.29) is 5.56 Å². The predicted octanol–water partition coefficient (Wildman–Crippen LogP) is 4.29. The van der Waals surface area contributed by atoms with E-state index in [9.17, 15) is 18.0 Å². The molecule has 1 fully saturated rings. The molecule has 1 aliphatic rings. The maximum Gasteiger partial charge on any atom is 0.416 e. The van der Waals surface area contributed by atoms with Crippen molar-refractivity contribution >= 4 is 23.0 Å². The van der Waals surface area contributed by atoms with Gasteiger partial charge in [0.2, 0.25) is 0 Å². The van der Waals surface area contributed by atoms with E-state index in [1.165, 1.54) is 23.6 Å². The average molecular weight is 512 g/mol. The molecule has 194 valence electrons. The van der Waals surface area contributed by atoms with Crippen LogP contribution in [0.5, 0.6) is 0 Å². The summed E-state index contributed by atoms with van der Waals surface area (Å²) in [7, 11) is 0. The Bertz CT molecular complexity index is 1290. The van der Waals surface area contributed by atoms with Crippen molar-refractivity contribution in [2.24, 2.45) is 11.6 Å². The molecule has 1 aliphatic heterocycles. The zero-order valence-corrected chi connectivity index (χ0v) is 20.3. The second-order valence-electron chi connectivity index (χ2n) is 8.97. The number of nitrogens with one attached hydrogen (secondary N) is 1. The molecule has 8 nitrogen and oxygen atoms in total. The van der Waals surface area contributed by atoms with Crippen LogP contribution in [0.25, 0.3) is 5.70 Å². The fraction of sp³-hybridized carbons (Fsp3) is 0.269. The summed E-state index contributed by atoms with van der Waals surface area (Å²) in [4.78, 5) is 23.0. The summed E-state index contributed by atoms with van der Waals surface area (Å²) in [6, 6.07) is 8.51. The van der Waals surface area contributed by atoms with Gasteiger partial charge in [-0.15, -0.1) is 0 Å². The number of nitrogens with two attached hydrogens (primary N) is 2. The number of rotatable bonds is 7. The van der Waals surface area contributed by atoms with E-state index in [1.54, 1.807) is 30.6 Å². The topological polar surface area (TPSA) is 113 Å². The van der Waals surface area contributed by atoms with Gasteiger partial charge in [-0.3, -0.25) is 14.7 Å². The number of nitrogens with zero attached hydrogens (tertiary/aromatic N) is 4. The third-order valence-electron chi connectivity index (χ3n) is 6.10. The Hall–Kier alpha value is -3.96. The van der Waals surface area contributed by atoms with E-state index >= 15 is 0 Å². The zero-order valence-electron chi connectivity index (χ0n) is 20.3. The van der Waals surface area contributed by atoms with E-state index < -0.39 is 17.6 Å². The third-order valence-corrected chi connectivity index (χ3v) is 6.10. The van der Waals surface area contributed by atoms with Gasteiger partial charge in [-0.1, -0.05) is 6.07 Å². The van der Waals surface area contributed by atoms with Crippen LogP contribution in [0, 0.1) is 6.92 Å². The zero-order chi connectivity index (χ0) is 26.6. The molecule has 0 aliphatic carbocycles. The number of likely N-dealkylation sites (tertiary alicyclic amines) is 1. The second kappa shape index (κ2) is 11.0. The van der Waals surface area contributed by atoms with Gasteiger partial charge < -0.3 is 11.1 Å². The van der Waals surface area contributed by atoms with Crippen molar-refractivity contribution in [3.05, 3.63) is 89.1 Å². The highest BCUT2D eigenvalue weighted by atomic mass is 19.4. The Balaban J connectivity index is 1.57. The molecule has 0 atom stereocenters. The smallest absolute Gasteiger partial charge is 0.397 e. The Labute approximate surface area is 212 Å². The minimum atomic E-state index is -4.57. The monoisotopic (exact) mass is 511 g/mol. The van der Waals surface area contributed by atoms with Crippen molar-refractivity contribution in [3.63, 3.8) is 0 Å². The minimum absolute atomic E-state index is 0.0658. The molecule has 0 unspecified atom stereocenters. The van der Waals surface area contributed by atoms with E-state index in [2.05, 4.69) is 20.2 Å². The van der Waals surface area contributed by atoms with Crippen molar-refractivity contribution < 1.29 is 18.0 Å². The standard InChI is InChI=1S/C26H28F3N7O/c1-17-4-5-22(11-24(17)36(31)15-23(30)20-12-32-16-33-13-20)34-25(37)19-8-18(14-35-6-2-3-7-35)9-21(10-19)26(27,28)29/h4-5,8-13,15-16H,2-3,6-7,14,30-31H2,1H3,(H,34,37)/b23-15-. The molecule has 0 saturated carbocycles. The van der Waals surface area contributed by atoms with Crippen molar-refractivity contribution in [1.82, 2.24) is 14.9 Å². The number of benzene rings is 2. The van der Waals surface area contributed by atoms with E-state index in [1.807, 2.05) is 6.92 Å². The summed E-state index contributed by atoms with van der Waals surface area (Å²) >= 11 is 0. The molecule has 4 rings (SSSR count). The van der Waals surface area contributed by atoms with Gasteiger partial charge in [0.1, 0.15) is 6.33 Å². The first-order chi connectivity index (χ1) is 17.6. The van der Waals surface area contributed by atoms with Crippen molar-refractivity contribution in [2.75, 3.05) is 23.4 Å². The van der Waals surface area contributed by atoms with Crippen LogP contribution < -0.4 is 21.9 Å². The van der Waals surface area contributed by atoms with Crippen LogP contribution in [0.3, 0.4) is 0 Å². The molecule has 2 aromatic carbocycles. The highest BCUT2D eigenvalue weighted by molar-refractivity contribution is 6.04. The number of aryl methyl sites for hydroxylation is 1. The highest BCUT2D eigenvalue weighted by Gasteiger charge is 2.32. The summed E-state index contributed by atoms with van der Waals surface area (Å²) in [5.74, 6) is 5.55. The SMILES string of the molecule is Cc1ccc(NC(=O)c2cc(CN3CCCC3)cc(C(F)(F)F)c2)cc1N(N)/C=C(\N)c1cncnc1. The molecule has 5 N–H and O–H groups in total. The van der Waals surface area contributed by atoms with Crippen LogP contribution in [-0.4, -0.2) is 33.9 Å². The van der Waals surface area contributed by atoms with Crippen molar-refractivity contribution in [1.29, 1.82) is 0 Å². The van der Waals surface area contributed by atoms with E-state index in [0.717, 1.165) is 43.6 Å². The fourth-order valence-electron chi connectivity index (χ4n) is 4.19. The molecule has 0 radical (unpaired) electrons. The number of carbonyl (C=O) groups is 1. The van der Waals surface area contributed by atoms with E-state index in [4.69, 9.17) is 11.6 Å². The van der Waals surface area contributed by atoms with Crippen LogP contribution in [-0.2, 0) is 12.7 Å². The van der Waals surface area contributed by atoms with Crippen molar-refractivity contribution in [3.8, 4) is 0 Å². The summed E-state index contributed by atoms with van der Waals surface area (Å²) in [5.41, 5.74) is 8.23. The van der Waals surface area contributed by atoms with Gasteiger partial charge in [-0.2, -0.15) is 13.2 Å². The largest absolute Gasteiger partial charge is 0.416 e. The average Bonchev–Trinajstić information content (AvgIpc) is 3.38. The minimum Gasteiger partial charge on any atom is -0.397 e. The lowest BCUT2D eigenvalue weighted by atomic mass is 10.0. The van der Waals surface area contributed by atoms with Gasteiger partial charge in [0.15, 0.2) is 0 Å². The Morgan fingerprint density at radius 3 is 2.49 bits per heavy atom. The highest BCUT2D eigenvalue weighted by Crippen LogP contribution is 2.32. The Kier molecular flexibility index (Phi) is 7.74. The Morgan fingerprint density at radius 2 is 1.81 bits per heavy atom. The maximum atomic E-state index is 13.6. The van der Waals surface area contributed by atoms with Crippen LogP contribution in [0.2, 0.25) is 0 Å². The number of alkyl halides is 3. The molecule has 1 saturated heterocycles. The van der Waals surface area contributed by atoms with Gasteiger partial charge in [0.05, 0.1) is 16.9 Å². The maximum absolute atomic E-state index is 13.6. The molecule has 1 amide bonds. The van der Waals surface area contributed by atoms with Crippen LogP contribution >= 0.6 is 0 Å². The quantitative estimate of drug-likeness (QED) is 0.320. The van der Waals surface area contributed by atoms with Gasteiger partial charge in [-0.25, -0.2) is 15.8 Å². The number of hydrogen-bond donors (Lipinski definition) is 3. The molecule has 37 heavy (non-hydrogen) atoms. The predicted molar refractivity (Wildman–Crippen MR) is 136 cm³/mol. The van der Waals surface area contributed by atoms with E-state index in [0.29, 0.717) is 34.7 Å². The fourth-order valence-corrected chi connectivity index (χ4v) is 4.19. The number of halogens is 3. The molecule has 1 aromatic heterocycles. The Morgan fingerprint density at radius 1 is 1.11 bits per heavy atom. The van der Waals surface area contributed by atoms with Gasteiger partial charge in [0.25, 0.3) is 5.91 Å².